The van der Waals surface area contributed by atoms with E-state index >= 15 is 0 Å². The van der Waals surface area contributed by atoms with Crippen LogP contribution in [-0.4, -0.2) is 27.5 Å². The summed E-state index contributed by atoms with van der Waals surface area (Å²) in [6.07, 6.45) is 2.69. The van der Waals surface area contributed by atoms with Crippen LogP contribution >= 0.6 is 0 Å². The molecule has 0 fully saturated rings. The Balaban J connectivity index is 1.92. The van der Waals surface area contributed by atoms with Crippen molar-refractivity contribution in [1.29, 1.82) is 0 Å². The molecule has 2 aromatic rings. The van der Waals surface area contributed by atoms with E-state index in [4.69, 9.17) is 4.42 Å². The highest BCUT2D eigenvalue weighted by molar-refractivity contribution is 7.84. The van der Waals surface area contributed by atoms with Gasteiger partial charge in [0.2, 0.25) is 0 Å². The van der Waals surface area contributed by atoms with E-state index in [2.05, 4.69) is 5.32 Å². The van der Waals surface area contributed by atoms with Gasteiger partial charge in [-0.2, -0.15) is 0 Å². The third-order valence-corrected chi connectivity index (χ3v) is 4.21. The number of amides is 1. The molecule has 6 heteroatoms. The maximum absolute atomic E-state index is 12.1. The molecular formula is C16H19NO4S. The van der Waals surface area contributed by atoms with Gasteiger partial charge in [-0.1, -0.05) is 0 Å². The second-order valence-electron chi connectivity index (χ2n) is 5.12. The molecule has 3 atom stereocenters. The predicted molar refractivity (Wildman–Crippen MR) is 84.0 cm³/mol. The van der Waals surface area contributed by atoms with E-state index in [1.807, 2.05) is 6.92 Å². The zero-order chi connectivity index (χ0) is 16.1. The lowest BCUT2D eigenvalue weighted by molar-refractivity contribution is 0.0903. The van der Waals surface area contributed by atoms with Gasteiger partial charge in [0.25, 0.3) is 5.91 Å². The van der Waals surface area contributed by atoms with Crippen LogP contribution in [-0.2, 0) is 10.8 Å². The summed E-state index contributed by atoms with van der Waals surface area (Å²) in [4.78, 5) is 12.8. The Morgan fingerprint density at radius 2 is 2.00 bits per heavy atom. The molecule has 5 nitrogen and oxygen atoms in total. The zero-order valence-corrected chi connectivity index (χ0v) is 13.3. The largest absolute Gasteiger partial charge is 0.467 e. The summed E-state index contributed by atoms with van der Waals surface area (Å²) in [7, 11) is -1.06. The minimum absolute atomic E-state index is 0.215. The minimum Gasteiger partial charge on any atom is -0.467 e. The van der Waals surface area contributed by atoms with E-state index in [1.54, 1.807) is 42.7 Å². The van der Waals surface area contributed by atoms with Gasteiger partial charge in [-0.25, -0.2) is 0 Å². The minimum atomic E-state index is -1.06. The molecule has 0 bridgehead atoms. The van der Waals surface area contributed by atoms with E-state index in [1.165, 1.54) is 6.26 Å². The lowest BCUT2D eigenvalue weighted by Crippen LogP contribution is -2.33. The number of carbonyl (C=O) groups excluding carboxylic acids is 1. The van der Waals surface area contributed by atoms with Crippen LogP contribution in [0.4, 0.5) is 0 Å². The SMILES string of the molecule is CC(CC(O)c1ccco1)NC(=O)c1ccc(S(C)=O)cc1. The fourth-order valence-corrected chi connectivity index (χ4v) is 2.62. The van der Waals surface area contributed by atoms with Crippen molar-refractivity contribution in [2.75, 3.05) is 6.26 Å². The lowest BCUT2D eigenvalue weighted by Gasteiger charge is -2.16. The maximum Gasteiger partial charge on any atom is 0.251 e. The van der Waals surface area contributed by atoms with Crippen molar-refractivity contribution in [1.82, 2.24) is 5.32 Å². The first-order valence-electron chi connectivity index (χ1n) is 6.93. The van der Waals surface area contributed by atoms with E-state index in [0.29, 0.717) is 22.6 Å². The van der Waals surface area contributed by atoms with Gasteiger partial charge < -0.3 is 14.8 Å². The Kier molecular flexibility index (Phi) is 5.51. The quantitative estimate of drug-likeness (QED) is 0.855. The molecule has 0 aliphatic heterocycles. The Morgan fingerprint density at radius 3 is 2.55 bits per heavy atom. The molecule has 2 rings (SSSR count). The molecule has 0 aliphatic carbocycles. The second-order valence-corrected chi connectivity index (χ2v) is 6.50. The Bertz CT molecular complexity index is 637. The highest BCUT2D eigenvalue weighted by Crippen LogP contribution is 2.18. The van der Waals surface area contributed by atoms with Gasteiger partial charge >= 0.3 is 0 Å². The van der Waals surface area contributed by atoms with Crippen LogP contribution in [0.5, 0.6) is 0 Å². The topological polar surface area (TPSA) is 79.5 Å². The van der Waals surface area contributed by atoms with Gasteiger partial charge in [-0.15, -0.1) is 0 Å². The summed E-state index contributed by atoms with van der Waals surface area (Å²) in [5.41, 5.74) is 0.494. The summed E-state index contributed by atoms with van der Waals surface area (Å²) < 4.78 is 16.4. The number of aliphatic hydroxyl groups excluding tert-OH is 1. The number of hydrogen-bond acceptors (Lipinski definition) is 4. The Hall–Kier alpha value is -1.92. The number of rotatable bonds is 6. The van der Waals surface area contributed by atoms with Crippen LogP contribution in [0.25, 0.3) is 0 Å². The maximum atomic E-state index is 12.1. The van der Waals surface area contributed by atoms with Crippen molar-refractivity contribution in [3.63, 3.8) is 0 Å². The molecule has 3 unspecified atom stereocenters. The molecule has 1 aromatic carbocycles. The van der Waals surface area contributed by atoms with Crippen LogP contribution in [0.2, 0.25) is 0 Å². The van der Waals surface area contributed by atoms with E-state index < -0.39 is 16.9 Å². The third kappa shape index (κ3) is 4.29. The zero-order valence-electron chi connectivity index (χ0n) is 12.5. The molecule has 0 aliphatic rings. The van der Waals surface area contributed by atoms with Crippen LogP contribution < -0.4 is 5.32 Å². The third-order valence-electron chi connectivity index (χ3n) is 3.27. The summed E-state index contributed by atoms with van der Waals surface area (Å²) in [6.45, 7) is 1.82. The number of aliphatic hydroxyl groups is 1. The average molecular weight is 321 g/mol. The molecule has 22 heavy (non-hydrogen) atoms. The van der Waals surface area contributed by atoms with Gasteiger partial charge in [-0.3, -0.25) is 9.00 Å². The summed E-state index contributed by atoms with van der Waals surface area (Å²) in [5, 5.41) is 12.8. The van der Waals surface area contributed by atoms with Gasteiger partial charge in [-0.05, 0) is 43.3 Å². The van der Waals surface area contributed by atoms with Gasteiger partial charge in [0.1, 0.15) is 11.9 Å². The Labute approximate surface area is 131 Å². The molecule has 0 radical (unpaired) electrons. The lowest BCUT2D eigenvalue weighted by atomic mass is 10.1. The molecule has 0 spiro atoms. The highest BCUT2D eigenvalue weighted by Gasteiger charge is 2.17. The van der Waals surface area contributed by atoms with Crippen LogP contribution in [0.1, 0.15) is 35.6 Å². The van der Waals surface area contributed by atoms with Crippen LogP contribution in [0.3, 0.4) is 0 Å². The molecule has 1 heterocycles. The molecule has 118 valence electrons. The fourth-order valence-electron chi connectivity index (χ4n) is 2.10. The summed E-state index contributed by atoms with van der Waals surface area (Å²) >= 11 is 0. The Morgan fingerprint density at radius 1 is 1.32 bits per heavy atom. The van der Waals surface area contributed by atoms with Crippen LogP contribution in [0.15, 0.2) is 52.0 Å². The van der Waals surface area contributed by atoms with E-state index in [9.17, 15) is 14.1 Å². The normalized spacial score (nSPS) is 15.0. The highest BCUT2D eigenvalue weighted by atomic mass is 32.2. The van der Waals surface area contributed by atoms with E-state index in [0.717, 1.165) is 0 Å². The number of furan rings is 1. The van der Waals surface area contributed by atoms with Crippen molar-refractivity contribution < 1.29 is 18.5 Å². The van der Waals surface area contributed by atoms with Crippen molar-refractivity contribution in [3.8, 4) is 0 Å². The van der Waals surface area contributed by atoms with Gasteiger partial charge in [0.05, 0.1) is 6.26 Å². The first kappa shape index (κ1) is 16.5. The summed E-state index contributed by atoms with van der Waals surface area (Å²) in [5.74, 6) is 0.253. The second kappa shape index (κ2) is 7.38. The first-order chi connectivity index (χ1) is 10.5. The first-order valence-corrected chi connectivity index (χ1v) is 8.49. The van der Waals surface area contributed by atoms with Crippen molar-refractivity contribution in [3.05, 3.63) is 54.0 Å². The average Bonchev–Trinajstić information content (AvgIpc) is 3.01. The number of carbonyl (C=O) groups is 1. The molecule has 0 saturated heterocycles. The van der Waals surface area contributed by atoms with Crippen molar-refractivity contribution in [2.24, 2.45) is 0 Å². The van der Waals surface area contributed by atoms with Crippen molar-refractivity contribution in [2.45, 2.75) is 30.4 Å². The molecule has 0 saturated carbocycles. The number of hydrogen-bond donors (Lipinski definition) is 2. The fraction of sp³-hybridized carbons (Fsp3) is 0.312. The molecular weight excluding hydrogens is 302 g/mol. The summed E-state index contributed by atoms with van der Waals surface area (Å²) in [6, 6.07) is 9.82. The molecule has 1 amide bonds. The smallest absolute Gasteiger partial charge is 0.251 e. The van der Waals surface area contributed by atoms with Gasteiger partial charge in [0.15, 0.2) is 0 Å². The number of nitrogens with one attached hydrogen (secondary N) is 1. The predicted octanol–water partition coefficient (Wildman–Crippen LogP) is 2.26. The molecule has 2 N–H and O–H groups in total. The monoisotopic (exact) mass is 321 g/mol. The van der Waals surface area contributed by atoms with Crippen molar-refractivity contribution >= 4 is 16.7 Å². The standard InChI is InChI=1S/C16H19NO4S/c1-11(10-14(18)15-4-3-9-21-15)17-16(19)12-5-7-13(8-6-12)22(2)20/h3-9,11,14,18H,10H2,1-2H3,(H,17,19). The van der Waals surface area contributed by atoms with Gasteiger partial charge in [0, 0.05) is 40.0 Å². The molecule has 1 aromatic heterocycles. The number of benzene rings is 1. The van der Waals surface area contributed by atoms with Crippen LogP contribution in [0, 0.1) is 0 Å². The van der Waals surface area contributed by atoms with E-state index in [-0.39, 0.29) is 11.9 Å².